The standard InChI is InChI=1S/C55H54S2/c1-6-9-10-11-13-17-41(8-3)21-20-39(4)42-22-24-43(25-23-42)40(5)36-53-52(16-7-2)55-54(57-53)50-35-34-49(37-51(38-50)56-55)48-32-30-47(31-33-48)46-28-26-45(27-29-46)44-18-14-12-15-19-44/h6-11,14,16,18-39,50H,12-13,15,17H2,1-5H3/b9-6-,11-10-,16-7-,21-20-,40-36+,41-8-. The Hall–Kier alpha value is -5.15. The van der Waals surface area contributed by atoms with E-state index in [4.69, 9.17) is 0 Å². The first-order valence-corrected chi connectivity index (χ1v) is 22.1. The Labute approximate surface area is 350 Å². The minimum absolute atomic E-state index is 0.264. The Balaban J connectivity index is 1.03. The molecule has 1 aromatic heterocycles. The molecule has 286 valence electrons. The van der Waals surface area contributed by atoms with E-state index in [1.54, 1.807) is 0 Å². The Morgan fingerprint density at radius 2 is 1.53 bits per heavy atom. The normalized spacial score (nSPS) is 17.7. The fourth-order valence-corrected chi connectivity index (χ4v) is 10.3. The number of rotatable bonds is 13. The molecule has 0 nitrogen and oxygen atoms in total. The van der Waals surface area contributed by atoms with E-state index < -0.39 is 0 Å². The highest BCUT2D eigenvalue weighted by Crippen LogP contribution is 2.51. The molecular formula is C55H54S2. The molecule has 2 heterocycles. The maximum absolute atomic E-state index is 2.44. The summed E-state index contributed by atoms with van der Waals surface area (Å²) in [7, 11) is 0. The summed E-state index contributed by atoms with van der Waals surface area (Å²) in [5, 5.41) is 0. The first-order valence-electron chi connectivity index (χ1n) is 20.5. The molecule has 0 fully saturated rings. The molecule has 3 aromatic carbocycles. The van der Waals surface area contributed by atoms with E-state index >= 15 is 0 Å². The molecule has 4 aromatic rings. The Kier molecular flexibility index (Phi) is 13.6. The zero-order valence-electron chi connectivity index (χ0n) is 34.0. The van der Waals surface area contributed by atoms with Gasteiger partial charge in [0.1, 0.15) is 0 Å². The lowest BCUT2D eigenvalue weighted by Crippen LogP contribution is -1.95. The zero-order valence-corrected chi connectivity index (χ0v) is 35.7. The van der Waals surface area contributed by atoms with Crippen molar-refractivity contribution in [1.29, 1.82) is 0 Å². The van der Waals surface area contributed by atoms with Crippen molar-refractivity contribution >= 4 is 52.0 Å². The summed E-state index contributed by atoms with van der Waals surface area (Å²) >= 11 is 3.86. The molecule has 1 aliphatic heterocycles. The summed E-state index contributed by atoms with van der Waals surface area (Å²) < 4.78 is 0. The van der Waals surface area contributed by atoms with E-state index in [0.29, 0.717) is 5.92 Å². The Morgan fingerprint density at radius 1 is 0.807 bits per heavy atom. The predicted molar refractivity (Wildman–Crippen MR) is 256 cm³/mol. The summed E-state index contributed by atoms with van der Waals surface area (Å²) in [6, 6.07) is 27.2. The quantitative estimate of drug-likeness (QED) is 0.122. The number of hydrogen-bond donors (Lipinski definition) is 0. The molecule has 0 spiro atoms. The van der Waals surface area contributed by atoms with Gasteiger partial charge in [0.2, 0.25) is 0 Å². The maximum Gasteiger partial charge on any atom is 0.0360 e. The van der Waals surface area contributed by atoms with Gasteiger partial charge in [-0.3, -0.25) is 0 Å². The van der Waals surface area contributed by atoms with Gasteiger partial charge in [0, 0.05) is 31.0 Å². The zero-order chi connectivity index (χ0) is 39.6. The minimum Gasteiger partial charge on any atom is -0.138 e. The van der Waals surface area contributed by atoms with Crippen molar-refractivity contribution in [2.24, 2.45) is 0 Å². The largest absolute Gasteiger partial charge is 0.138 e. The van der Waals surface area contributed by atoms with Crippen molar-refractivity contribution < 1.29 is 0 Å². The van der Waals surface area contributed by atoms with Crippen LogP contribution in [0.3, 0.4) is 0 Å². The molecule has 3 aliphatic rings. The average molecular weight is 779 g/mol. The first kappa shape index (κ1) is 40.1. The molecule has 2 unspecified atom stereocenters. The average Bonchev–Trinajstić information content (AvgIpc) is 3.48. The van der Waals surface area contributed by atoms with Crippen molar-refractivity contribution in [3.05, 3.63) is 212 Å². The van der Waals surface area contributed by atoms with Gasteiger partial charge in [0.15, 0.2) is 0 Å². The van der Waals surface area contributed by atoms with Gasteiger partial charge in [-0.1, -0.05) is 188 Å². The topological polar surface area (TPSA) is 0 Å². The second-order valence-corrected chi connectivity index (χ2v) is 17.1. The van der Waals surface area contributed by atoms with Crippen molar-refractivity contribution in [3.8, 4) is 11.1 Å². The van der Waals surface area contributed by atoms with E-state index in [9.17, 15) is 0 Å². The molecule has 0 amide bonds. The maximum atomic E-state index is 2.44. The van der Waals surface area contributed by atoms with E-state index in [1.165, 1.54) is 80.8 Å². The third-order valence-corrected chi connectivity index (χ3v) is 13.5. The van der Waals surface area contributed by atoms with Crippen molar-refractivity contribution in [1.82, 2.24) is 0 Å². The van der Waals surface area contributed by atoms with Crippen molar-refractivity contribution in [2.75, 3.05) is 0 Å². The highest BCUT2D eigenvalue weighted by molar-refractivity contribution is 8.03. The van der Waals surface area contributed by atoms with Crippen LogP contribution in [0.1, 0.15) is 110 Å². The van der Waals surface area contributed by atoms with Crippen LogP contribution in [0.15, 0.2) is 179 Å². The fraction of sp³-hybridized carbons (Fsp3) is 0.200. The second kappa shape index (κ2) is 19.3. The number of thioether (sulfide) groups is 1. The summed E-state index contributed by atoms with van der Waals surface area (Å²) in [5.41, 5.74) is 14.2. The van der Waals surface area contributed by atoms with Crippen LogP contribution in [0.25, 0.3) is 40.0 Å². The molecule has 2 heteroatoms. The van der Waals surface area contributed by atoms with Crippen LogP contribution in [0.4, 0.5) is 0 Å². The SMILES string of the molecule is C/C=C\C=C/CCC(/C=C\C(C)c1ccc(/C(C)=C/c2sc3c(c2/C=C\C)SC2=CC3C=CC(c3ccc(-c4ccc(C5=CCCC=C5)cc4)cc3)=C2)cc1)=C/C. The molecule has 2 aliphatic carbocycles. The Bertz CT molecular complexity index is 2380. The molecule has 57 heavy (non-hydrogen) atoms. The van der Waals surface area contributed by atoms with Crippen LogP contribution >= 0.6 is 23.1 Å². The van der Waals surface area contributed by atoms with Crippen LogP contribution < -0.4 is 0 Å². The summed E-state index contributed by atoms with van der Waals surface area (Å²) in [4.78, 5) is 5.47. The van der Waals surface area contributed by atoms with Gasteiger partial charge in [0.25, 0.3) is 0 Å². The predicted octanol–water partition coefficient (Wildman–Crippen LogP) is 17.0. The Morgan fingerprint density at radius 3 is 2.19 bits per heavy atom. The lowest BCUT2D eigenvalue weighted by Gasteiger charge is -2.16. The monoisotopic (exact) mass is 778 g/mol. The molecule has 0 radical (unpaired) electrons. The molecular weight excluding hydrogens is 725 g/mol. The minimum atomic E-state index is 0.264. The molecule has 7 rings (SSSR count). The summed E-state index contributed by atoms with van der Waals surface area (Å²) in [6.45, 7) is 10.8. The third kappa shape index (κ3) is 9.88. The van der Waals surface area contributed by atoms with Gasteiger partial charge in [-0.2, -0.15) is 0 Å². The molecule has 0 N–H and O–H groups in total. The lowest BCUT2D eigenvalue weighted by atomic mass is 9.96. The van der Waals surface area contributed by atoms with Gasteiger partial charge in [-0.15, -0.1) is 11.3 Å². The number of benzene rings is 3. The van der Waals surface area contributed by atoms with E-state index in [0.717, 1.165) is 25.7 Å². The number of hydrogen-bond acceptors (Lipinski definition) is 2. The van der Waals surface area contributed by atoms with Crippen LogP contribution in [0, 0.1) is 0 Å². The van der Waals surface area contributed by atoms with Crippen LogP contribution in [0.2, 0.25) is 0 Å². The summed E-state index contributed by atoms with van der Waals surface area (Å²) in [5.74, 6) is 0.614. The fourth-order valence-electron chi connectivity index (χ4n) is 7.54. The molecule has 0 saturated heterocycles. The summed E-state index contributed by atoms with van der Waals surface area (Å²) in [6.07, 6.45) is 43.1. The number of fused-ring (bicyclic) bond motifs is 3. The van der Waals surface area contributed by atoms with Crippen molar-refractivity contribution in [2.45, 2.75) is 77.0 Å². The van der Waals surface area contributed by atoms with Gasteiger partial charge in [-0.05, 0) is 122 Å². The van der Waals surface area contributed by atoms with Gasteiger partial charge < -0.3 is 0 Å². The van der Waals surface area contributed by atoms with E-state index in [-0.39, 0.29) is 5.92 Å². The first-order chi connectivity index (χ1) is 27.9. The molecule has 2 bridgehead atoms. The lowest BCUT2D eigenvalue weighted by molar-refractivity contribution is 0.952. The van der Waals surface area contributed by atoms with E-state index in [2.05, 4.69) is 204 Å². The molecule has 2 atom stereocenters. The highest BCUT2D eigenvalue weighted by Gasteiger charge is 2.27. The smallest absolute Gasteiger partial charge is 0.0360 e. The van der Waals surface area contributed by atoms with Gasteiger partial charge in [-0.25, -0.2) is 0 Å². The van der Waals surface area contributed by atoms with Crippen LogP contribution in [-0.2, 0) is 0 Å². The third-order valence-electron chi connectivity index (χ3n) is 10.9. The second-order valence-electron chi connectivity index (χ2n) is 15.0. The van der Waals surface area contributed by atoms with Crippen LogP contribution in [0.5, 0.6) is 0 Å². The number of thiophene rings is 1. The van der Waals surface area contributed by atoms with Crippen LogP contribution in [-0.4, -0.2) is 0 Å². The van der Waals surface area contributed by atoms with Crippen molar-refractivity contribution in [3.63, 3.8) is 0 Å². The van der Waals surface area contributed by atoms with E-state index in [1.807, 2.05) is 30.0 Å². The number of allylic oxidation sites excluding steroid dienone is 19. The van der Waals surface area contributed by atoms with Gasteiger partial charge >= 0.3 is 0 Å². The van der Waals surface area contributed by atoms with Gasteiger partial charge in [0.05, 0.1) is 0 Å². The molecule has 0 saturated carbocycles. The highest BCUT2D eigenvalue weighted by atomic mass is 32.2.